The number of benzene rings is 1. The van der Waals surface area contributed by atoms with Crippen LogP contribution in [0.5, 0.6) is 0 Å². The molecule has 1 aromatic heterocycles. The Morgan fingerprint density at radius 3 is 3.00 bits per heavy atom. The second-order valence-electron chi connectivity index (χ2n) is 5.92. The number of rotatable bonds is 6. The van der Waals surface area contributed by atoms with E-state index in [1.165, 1.54) is 11.8 Å². The molecule has 0 saturated heterocycles. The first-order valence-electron chi connectivity index (χ1n) is 8.24. The average Bonchev–Trinajstić information content (AvgIpc) is 3.10. The van der Waals surface area contributed by atoms with Crippen molar-refractivity contribution in [1.29, 1.82) is 0 Å². The van der Waals surface area contributed by atoms with Gasteiger partial charge in [-0.1, -0.05) is 36.9 Å². The van der Waals surface area contributed by atoms with Gasteiger partial charge in [0.25, 0.3) is 0 Å². The molecule has 0 spiro atoms. The van der Waals surface area contributed by atoms with Gasteiger partial charge in [0.1, 0.15) is 5.82 Å². The van der Waals surface area contributed by atoms with Gasteiger partial charge in [0.05, 0.1) is 5.75 Å². The lowest BCUT2D eigenvalue weighted by atomic mass is 9.89. The van der Waals surface area contributed by atoms with Crippen molar-refractivity contribution < 1.29 is 9.59 Å². The number of aromatic amines is 1. The number of H-pyrrole nitrogens is 1. The maximum absolute atomic E-state index is 12.1. The number of anilines is 1. The molecule has 2 N–H and O–H groups in total. The summed E-state index contributed by atoms with van der Waals surface area (Å²) < 4.78 is 0. The summed E-state index contributed by atoms with van der Waals surface area (Å²) in [6.45, 7) is 2.44. The first-order valence-corrected chi connectivity index (χ1v) is 9.23. The lowest BCUT2D eigenvalue weighted by Crippen LogP contribution is -2.38. The molecular formula is C17H21N5O2S. The Bertz CT molecular complexity index is 776. The van der Waals surface area contributed by atoms with E-state index >= 15 is 0 Å². The van der Waals surface area contributed by atoms with Gasteiger partial charge in [-0.25, -0.2) is 4.98 Å². The third-order valence-electron chi connectivity index (χ3n) is 4.26. The number of aromatic nitrogens is 3. The van der Waals surface area contributed by atoms with Gasteiger partial charge in [0.15, 0.2) is 0 Å². The smallest absolute Gasteiger partial charge is 0.230 e. The molecule has 2 heterocycles. The molecule has 2 amide bonds. The number of carbonyl (C=O) groups is 2. The first-order chi connectivity index (χ1) is 12.1. The molecule has 132 valence electrons. The highest BCUT2D eigenvalue weighted by atomic mass is 32.2. The van der Waals surface area contributed by atoms with Crippen molar-refractivity contribution in [3.8, 4) is 0 Å². The van der Waals surface area contributed by atoms with Gasteiger partial charge in [-0.05, 0) is 11.6 Å². The largest absolute Gasteiger partial charge is 0.355 e. The Hall–Kier alpha value is -2.35. The third kappa shape index (κ3) is 4.01. The molecule has 0 saturated carbocycles. The molecule has 8 heteroatoms. The first kappa shape index (κ1) is 17.5. The quantitative estimate of drug-likeness (QED) is 0.767. The SMILES string of the molecule is CCc1nc(SCC(=O)NC[C@@H]2CC(=O)N(C)c3ccccc32)n[nH]1. The molecule has 0 aliphatic carbocycles. The highest BCUT2D eigenvalue weighted by molar-refractivity contribution is 7.99. The van der Waals surface area contributed by atoms with Crippen LogP contribution in [0.4, 0.5) is 5.69 Å². The summed E-state index contributed by atoms with van der Waals surface area (Å²) in [5.74, 6) is 1.05. The van der Waals surface area contributed by atoms with Crippen LogP contribution in [0.15, 0.2) is 29.4 Å². The van der Waals surface area contributed by atoms with Gasteiger partial charge in [-0.3, -0.25) is 14.7 Å². The zero-order valence-electron chi connectivity index (χ0n) is 14.3. The zero-order valence-corrected chi connectivity index (χ0v) is 15.1. The number of carbonyl (C=O) groups excluding carboxylic acids is 2. The van der Waals surface area contributed by atoms with Crippen LogP contribution in [0.2, 0.25) is 0 Å². The number of nitrogens with zero attached hydrogens (tertiary/aromatic N) is 3. The van der Waals surface area contributed by atoms with Crippen molar-refractivity contribution in [1.82, 2.24) is 20.5 Å². The summed E-state index contributed by atoms with van der Waals surface area (Å²) in [5, 5.41) is 10.4. The van der Waals surface area contributed by atoms with E-state index in [1.807, 2.05) is 31.2 Å². The Labute approximate surface area is 150 Å². The molecular weight excluding hydrogens is 338 g/mol. The van der Waals surface area contributed by atoms with Gasteiger partial charge in [-0.2, -0.15) is 0 Å². The Balaban J connectivity index is 1.55. The lowest BCUT2D eigenvalue weighted by molar-refractivity contribution is -0.120. The van der Waals surface area contributed by atoms with Crippen LogP contribution >= 0.6 is 11.8 Å². The summed E-state index contributed by atoms with van der Waals surface area (Å²) in [7, 11) is 1.79. The van der Waals surface area contributed by atoms with Crippen LogP contribution in [0.25, 0.3) is 0 Å². The van der Waals surface area contributed by atoms with Crippen LogP contribution in [0.3, 0.4) is 0 Å². The molecule has 0 bridgehead atoms. The number of fused-ring (bicyclic) bond motifs is 1. The van der Waals surface area contributed by atoms with Gasteiger partial charge in [-0.15, -0.1) is 5.10 Å². The van der Waals surface area contributed by atoms with E-state index in [9.17, 15) is 9.59 Å². The fourth-order valence-electron chi connectivity index (χ4n) is 2.83. The second-order valence-corrected chi connectivity index (χ2v) is 6.87. The predicted octanol–water partition coefficient (Wildman–Crippen LogP) is 1.73. The molecule has 0 radical (unpaired) electrons. The van der Waals surface area contributed by atoms with Crippen molar-refractivity contribution >= 4 is 29.3 Å². The number of para-hydroxylation sites is 1. The maximum Gasteiger partial charge on any atom is 0.230 e. The van der Waals surface area contributed by atoms with Crippen molar-refractivity contribution in [2.45, 2.75) is 30.8 Å². The van der Waals surface area contributed by atoms with Crippen molar-refractivity contribution in [3.63, 3.8) is 0 Å². The number of hydrogen-bond acceptors (Lipinski definition) is 5. The molecule has 1 aromatic carbocycles. The summed E-state index contributed by atoms with van der Waals surface area (Å²) in [4.78, 5) is 30.2. The van der Waals surface area contributed by atoms with Crippen LogP contribution < -0.4 is 10.2 Å². The summed E-state index contributed by atoms with van der Waals surface area (Å²) >= 11 is 1.30. The van der Waals surface area contributed by atoms with Crippen LogP contribution in [-0.4, -0.2) is 46.3 Å². The summed E-state index contributed by atoms with van der Waals surface area (Å²) in [6.07, 6.45) is 1.19. The maximum atomic E-state index is 12.1. The van der Waals surface area contributed by atoms with E-state index < -0.39 is 0 Å². The molecule has 25 heavy (non-hydrogen) atoms. The van der Waals surface area contributed by atoms with Crippen LogP contribution in [0, 0.1) is 0 Å². The fourth-order valence-corrected chi connectivity index (χ4v) is 3.48. The lowest BCUT2D eigenvalue weighted by Gasteiger charge is -2.31. The zero-order chi connectivity index (χ0) is 17.8. The van der Waals surface area contributed by atoms with E-state index in [2.05, 4.69) is 20.5 Å². The van der Waals surface area contributed by atoms with Crippen LogP contribution in [-0.2, 0) is 16.0 Å². The number of aryl methyl sites for hydroxylation is 1. The Morgan fingerprint density at radius 2 is 2.24 bits per heavy atom. The average molecular weight is 359 g/mol. The molecule has 1 aliphatic rings. The number of nitrogens with one attached hydrogen (secondary N) is 2. The third-order valence-corrected chi connectivity index (χ3v) is 5.10. The van der Waals surface area contributed by atoms with E-state index in [4.69, 9.17) is 0 Å². The second kappa shape index (κ2) is 7.69. The highest BCUT2D eigenvalue weighted by Crippen LogP contribution is 2.34. The van der Waals surface area contributed by atoms with Gasteiger partial charge in [0.2, 0.25) is 17.0 Å². The Morgan fingerprint density at radius 1 is 1.44 bits per heavy atom. The van der Waals surface area contributed by atoms with E-state index in [-0.39, 0.29) is 23.5 Å². The van der Waals surface area contributed by atoms with Gasteiger partial charge < -0.3 is 10.2 Å². The van der Waals surface area contributed by atoms with Crippen LogP contribution in [0.1, 0.15) is 30.7 Å². The van der Waals surface area contributed by atoms with E-state index in [0.717, 1.165) is 23.5 Å². The minimum Gasteiger partial charge on any atom is -0.355 e. The molecule has 0 fully saturated rings. The molecule has 7 nitrogen and oxygen atoms in total. The molecule has 0 unspecified atom stereocenters. The monoisotopic (exact) mass is 359 g/mol. The predicted molar refractivity (Wildman–Crippen MR) is 96.7 cm³/mol. The molecule has 1 atom stereocenters. The number of thioether (sulfide) groups is 1. The molecule has 3 rings (SSSR count). The summed E-state index contributed by atoms with van der Waals surface area (Å²) in [6, 6.07) is 7.83. The molecule has 1 aliphatic heterocycles. The van der Waals surface area contributed by atoms with Crippen molar-refractivity contribution in [2.75, 3.05) is 24.2 Å². The topological polar surface area (TPSA) is 91.0 Å². The minimum absolute atomic E-state index is 0.00375. The fraction of sp³-hybridized carbons (Fsp3) is 0.412. The minimum atomic E-state index is -0.0864. The van der Waals surface area contributed by atoms with Crippen molar-refractivity contribution in [3.05, 3.63) is 35.7 Å². The number of hydrogen-bond donors (Lipinski definition) is 2. The van der Waals surface area contributed by atoms with Gasteiger partial charge in [0, 0.05) is 38.0 Å². The van der Waals surface area contributed by atoms with E-state index in [0.29, 0.717) is 18.1 Å². The Kier molecular flexibility index (Phi) is 5.37. The van der Waals surface area contributed by atoms with Crippen molar-refractivity contribution in [2.24, 2.45) is 0 Å². The van der Waals surface area contributed by atoms with Gasteiger partial charge >= 0.3 is 0 Å². The van der Waals surface area contributed by atoms with E-state index in [1.54, 1.807) is 11.9 Å². The molecule has 2 aromatic rings. The normalized spacial score (nSPS) is 16.6. The highest BCUT2D eigenvalue weighted by Gasteiger charge is 2.28. The summed E-state index contributed by atoms with van der Waals surface area (Å²) in [5.41, 5.74) is 2.01. The number of amides is 2. The standard InChI is InChI=1S/C17H21N5O2S/c1-3-14-19-17(21-20-14)25-10-15(23)18-9-11-8-16(24)22(2)13-7-5-4-6-12(11)13/h4-7,11H,3,8-10H2,1-2H3,(H,18,23)(H,19,20,21)/t11-/m0/s1.